The number of benzene rings is 2. The summed E-state index contributed by atoms with van der Waals surface area (Å²) in [5, 5.41) is 34.4. The van der Waals surface area contributed by atoms with Crippen molar-refractivity contribution in [3.05, 3.63) is 70.8 Å². The molecule has 0 saturated heterocycles. The summed E-state index contributed by atoms with van der Waals surface area (Å²) in [6, 6.07) is 11.1. The number of aryl methyl sites for hydroxylation is 2. The molecule has 1 N–H and O–H groups in total. The first-order valence-corrected chi connectivity index (χ1v) is 8.33. The fraction of sp³-hybridized carbons (Fsp3) is 0.286. The third-order valence-electron chi connectivity index (χ3n) is 4.34. The van der Waals surface area contributed by atoms with Gasteiger partial charge in [-0.1, -0.05) is 48.2 Å². The summed E-state index contributed by atoms with van der Waals surface area (Å²) in [5.41, 5.74) is 1.63. The van der Waals surface area contributed by atoms with Crippen molar-refractivity contribution in [3.63, 3.8) is 0 Å². The maximum absolute atomic E-state index is 12.7. The number of hydrogen-bond donors (Lipinski definition) is 1. The summed E-state index contributed by atoms with van der Waals surface area (Å²) in [6.45, 7) is 5.29. The average molecular weight is 379 g/mol. The van der Waals surface area contributed by atoms with Gasteiger partial charge in [0.2, 0.25) is 0 Å². The molecule has 138 valence electrons. The molecular weight excluding hydrogens is 357 g/mol. The number of carbonyl (C=O) groups excluding carboxylic acids is 1. The van der Waals surface area contributed by atoms with Crippen LogP contribution in [0.2, 0.25) is 0 Å². The quantitative estimate of drug-likeness (QED) is 0.547. The van der Waals surface area contributed by atoms with Gasteiger partial charge in [0.25, 0.3) is 0 Å². The number of carboxylic acid groups (broad SMARTS) is 1. The maximum atomic E-state index is 12.7. The molecule has 0 aliphatic rings. The molecule has 5 nitrogen and oxygen atoms in total. The van der Waals surface area contributed by atoms with Crippen molar-refractivity contribution in [1.82, 2.24) is 0 Å². The van der Waals surface area contributed by atoms with Crippen molar-refractivity contribution < 1.29 is 24.9 Å². The summed E-state index contributed by atoms with van der Waals surface area (Å²) in [7, 11) is 1.41. The van der Waals surface area contributed by atoms with Gasteiger partial charge in [-0.15, -0.1) is 0 Å². The SMILES string of the molecule is C=C(C)C(O)Cc1c(OC)cc(CCc2ccccc2)c(C(=O)[O-])c1[O-].[Mg+2]. The first-order valence-electron chi connectivity index (χ1n) is 8.33. The van der Waals surface area contributed by atoms with E-state index in [4.69, 9.17) is 4.74 Å². The fourth-order valence-electron chi connectivity index (χ4n) is 2.81. The van der Waals surface area contributed by atoms with E-state index in [1.807, 2.05) is 30.3 Å². The molecule has 1 unspecified atom stereocenters. The van der Waals surface area contributed by atoms with Crippen molar-refractivity contribution in [2.45, 2.75) is 32.3 Å². The number of methoxy groups -OCH3 is 1. The van der Waals surface area contributed by atoms with E-state index >= 15 is 0 Å². The number of rotatable bonds is 8. The number of hydrogen-bond acceptors (Lipinski definition) is 5. The molecule has 6 heteroatoms. The zero-order valence-electron chi connectivity index (χ0n) is 15.7. The molecule has 0 aliphatic carbocycles. The Balaban J connectivity index is 0.00000364. The van der Waals surface area contributed by atoms with Gasteiger partial charge < -0.3 is 24.9 Å². The molecule has 0 fully saturated rings. The molecule has 2 aromatic carbocycles. The molecule has 27 heavy (non-hydrogen) atoms. The number of carbonyl (C=O) groups is 1. The second-order valence-electron chi connectivity index (χ2n) is 6.26. The number of aliphatic hydroxyl groups excluding tert-OH is 1. The van der Waals surface area contributed by atoms with Crippen LogP contribution in [0.4, 0.5) is 0 Å². The standard InChI is InChI=1S/C21H24O5.Mg/c1-13(2)17(22)12-16-18(26-3)11-15(19(20(16)23)21(24)25)10-9-14-7-5-4-6-8-14;/h4-8,11,17,22-23H,1,9-10,12H2,2-3H3,(H,24,25);/q;+2/p-2. The van der Waals surface area contributed by atoms with Gasteiger partial charge in [-0.25, -0.2) is 0 Å². The average Bonchev–Trinajstić information content (AvgIpc) is 2.61. The van der Waals surface area contributed by atoms with Crippen molar-refractivity contribution in [2.75, 3.05) is 7.11 Å². The molecule has 0 radical (unpaired) electrons. The van der Waals surface area contributed by atoms with Gasteiger partial charge in [0, 0.05) is 6.42 Å². The summed E-state index contributed by atoms with van der Waals surface area (Å²) < 4.78 is 5.28. The molecule has 0 bridgehead atoms. The van der Waals surface area contributed by atoms with E-state index in [0.29, 0.717) is 24.0 Å². The molecule has 2 aromatic rings. The van der Waals surface area contributed by atoms with Crippen LogP contribution >= 0.6 is 0 Å². The number of ether oxygens (including phenoxy) is 1. The zero-order chi connectivity index (χ0) is 19.3. The summed E-state index contributed by atoms with van der Waals surface area (Å²) >= 11 is 0. The van der Waals surface area contributed by atoms with Crippen LogP contribution in [0.3, 0.4) is 0 Å². The van der Waals surface area contributed by atoms with Crippen molar-refractivity contribution >= 4 is 29.0 Å². The van der Waals surface area contributed by atoms with Crippen LogP contribution in [0.1, 0.15) is 34.0 Å². The summed E-state index contributed by atoms with van der Waals surface area (Å²) in [5.74, 6) is -1.93. The number of aromatic carboxylic acids is 1. The van der Waals surface area contributed by atoms with Crippen LogP contribution in [-0.2, 0) is 19.3 Å². The number of aliphatic hydroxyl groups is 1. The Hall–Kier alpha value is -2.02. The van der Waals surface area contributed by atoms with Crippen molar-refractivity contribution in [2.24, 2.45) is 0 Å². The van der Waals surface area contributed by atoms with Gasteiger partial charge in [-0.3, -0.25) is 0 Å². The Morgan fingerprint density at radius 2 is 1.89 bits per heavy atom. The topological polar surface area (TPSA) is 92.7 Å². The Morgan fingerprint density at radius 3 is 2.41 bits per heavy atom. The smallest absolute Gasteiger partial charge is 0.872 e. The molecule has 2 rings (SSSR count). The van der Waals surface area contributed by atoms with E-state index in [1.54, 1.807) is 13.0 Å². The van der Waals surface area contributed by atoms with Gasteiger partial charge in [-0.05, 0) is 48.1 Å². The summed E-state index contributed by atoms with van der Waals surface area (Å²) in [6.07, 6.45) is -0.0719. The predicted molar refractivity (Wildman–Crippen MR) is 101 cm³/mol. The Morgan fingerprint density at radius 1 is 1.26 bits per heavy atom. The minimum atomic E-state index is -1.52. The van der Waals surface area contributed by atoms with Crippen LogP contribution in [0.15, 0.2) is 48.6 Å². The molecule has 0 aromatic heterocycles. The third kappa shape index (κ3) is 5.72. The van der Waals surface area contributed by atoms with Crippen LogP contribution in [0, 0.1) is 0 Å². The first kappa shape index (κ1) is 23.0. The maximum Gasteiger partial charge on any atom is 2.00 e. The molecule has 0 saturated carbocycles. The van der Waals surface area contributed by atoms with Crippen molar-refractivity contribution in [1.29, 1.82) is 0 Å². The third-order valence-corrected chi connectivity index (χ3v) is 4.34. The largest absolute Gasteiger partial charge is 2.00 e. The minimum absolute atomic E-state index is 0. The minimum Gasteiger partial charge on any atom is -0.872 e. The number of carboxylic acids is 1. The summed E-state index contributed by atoms with van der Waals surface area (Å²) in [4.78, 5) is 11.6. The normalized spacial score (nSPS) is 11.4. The second kappa shape index (κ2) is 10.3. The second-order valence-corrected chi connectivity index (χ2v) is 6.26. The van der Waals surface area contributed by atoms with Gasteiger partial charge in [0.1, 0.15) is 5.75 Å². The molecular formula is C21H22MgO5. The van der Waals surface area contributed by atoms with Gasteiger partial charge in [0.05, 0.1) is 19.2 Å². The molecule has 0 aliphatic heterocycles. The van der Waals surface area contributed by atoms with Crippen LogP contribution in [-0.4, -0.2) is 47.3 Å². The van der Waals surface area contributed by atoms with E-state index in [9.17, 15) is 20.1 Å². The van der Waals surface area contributed by atoms with Gasteiger partial charge >= 0.3 is 23.1 Å². The predicted octanol–water partition coefficient (Wildman–Crippen LogP) is 1.02. The van der Waals surface area contributed by atoms with E-state index in [2.05, 4.69) is 6.58 Å². The van der Waals surface area contributed by atoms with Crippen LogP contribution < -0.4 is 14.9 Å². The van der Waals surface area contributed by atoms with E-state index in [1.165, 1.54) is 7.11 Å². The molecule has 0 spiro atoms. The fourth-order valence-corrected chi connectivity index (χ4v) is 2.81. The monoisotopic (exact) mass is 378 g/mol. The Kier molecular flexibility index (Phi) is 8.82. The van der Waals surface area contributed by atoms with Crippen LogP contribution in [0.25, 0.3) is 0 Å². The Bertz CT molecular complexity index is 802. The van der Waals surface area contributed by atoms with E-state index in [0.717, 1.165) is 5.56 Å². The van der Waals surface area contributed by atoms with E-state index in [-0.39, 0.29) is 46.4 Å². The van der Waals surface area contributed by atoms with Gasteiger partial charge in [0.15, 0.2) is 0 Å². The zero-order valence-corrected chi connectivity index (χ0v) is 17.1. The Labute approximate surface area is 175 Å². The molecule has 1 atom stereocenters. The van der Waals surface area contributed by atoms with E-state index < -0.39 is 17.8 Å². The first-order chi connectivity index (χ1) is 12.3. The van der Waals surface area contributed by atoms with Crippen LogP contribution in [0.5, 0.6) is 11.5 Å². The molecule has 0 amide bonds. The van der Waals surface area contributed by atoms with Gasteiger partial charge in [-0.2, -0.15) is 0 Å². The van der Waals surface area contributed by atoms with Crippen molar-refractivity contribution in [3.8, 4) is 11.5 Å². The molecule has 0 heterocycles.